The van der Waals surface area contributed by atoms with Gasteiger partial charge in [-0.25, -0.2) is 5.01 Å². The number of anilines is 1. The Bertz CT molecular complexity index is 979. The molecule has 2 aromatic rings. The van der Waals surface area contributed by atoms with Crippen LogP contribution in [0, 0.1) is 0 Å². The van der Waals surface area contributed by atoms with Crippen LogP contribution >= 0.6 is 0 Å². The molecule has 170 valence electrons. The highest BCUT2D eigenvalue weighted by Gasteiger charge is 2.33. The lowest BCUT2D eigenvalue weighted by Gasteiger charge is -2.23. The first-order chi connectivity index (χ1) is 15.3. The second-order valence-electron chi connectivity index (χ2n) is 7.84. The Morgan fingerprint density at radius 2 is 1.69 bits per heavy atom. The first-order valence-corrected chi connectivity index (χ1v) is 10.4. The van der Waals surface area contributed by atoms with E-state index in [9.17, 15) is 9.59 Å². The molecular formula is C24H29N3O5. The molecule has 1 aliphatic rings. The van der Waals surface area contributed by atoms with Crippen molar-refractivity contribution in [1.82, 2.24) is 5.01 Å². The lowest BCUT2D eigenvalue weighted by atomic mass is 9.97. The van der Waals surface area contributed by atoms with E-state index in [2.05, 4.69) is 5.10 Å². The number of carboxylic acid groups (broad SMARTS) is 1. The Morgan fingerprint density at radius 3 is 2.22 bits per heavy atom. The number of benzene rings is 2. The van der Waals surface area contributed by atoms with Crippen LogP contribution < -0.4 is 14.4 Å². The van der Waals surface area contributed by atoms with Crippen LogP contribution in [0.5, 0.6) is 11.5 Å². The molecule has 0 radical (unpaired) electrons. The monoisotopic (exact) mass is 439 g/mol. The summed E-state index contributed by atoms with van der Waals surface area (Å²) in [6.45, 7) is 0. The van der Waals surface area contributed by atoms with Gasteiger partial charge in [-0.1, -0.05) is 12.1 Å². The molecule has 0 bridgehead atoms. The maximum Gasteiger partial charge on any atom is 0.303 e. The Morgan fingerprint density at radius 1 is 1.06 bits per heavy atom. The molecule has 0 fully saturated rings. The first-order valence-electron chi connectivity index (χ1n) is 10.4. The van der Waals surface area contributed by atoms with Gasteiger partial charge < -0.3 is 19.5 Å². The van der Waals surface area contributed by atoms with Gasteiger partial charge in [0.25, 0.3) is 0 Å². The third-order valence-corrected chi connectivity index (χ3v) is 5.43. The quantitative estimate of drug-likeness (QED) is 0.641. The van der Waals surface area contributed by atoms with Gasteiger partial charge in [-0.05, 0) is 36.2 Å². The predicted molar refractivity (Wildman–Crippen MR) is 123 cm³/mol. The van der Waals surface area contributed by atoms with Crippen molar-refractivity contribution in [2.24, 2.45) is 5.10 Å². The zero-order valence-corrected chi connectivity index (χ0v) is 18.9. The van der Waals surface area contributed by atoms with Gasteiger partial charge in [-0.2, -0.15) is 5.10 Å². The number of ether oxygens (including phenoxy) is 2. The van der Waals surface area contributed by atoms with Crippen molar-refractivity contribution in [3.8, 4) is 11.5 Å². The van der Waals surface area contributed by atoms with E-state index in [-0.39, 0.29) is 31.2 Å². The normalized spacial score (nSPS) is 15.3. The smallest absolute Gasteiger partial charge is 0.303 e. The minimum atomic E-state index is -0.914. The number of nitrogens with zero attached hydrogens (tertiary/aromatic N) is 3. The number of rotatable bonds is 9. The van der Waals surface area contributed by atoms with Gasteiger partial charge in [-0.15, -0.1) is 0 Å². The van der Waals surface area contributed by atoms with Crippen molar-refractivity contribution in [2.75, 3.05) is 33.2 Å². The molecule has 0 aromatic heterocycles. The number of hydrogen-bond donors (Lipinski definition) is 1. The van der Waals surface area contributed by atoms with Gasteiger partial charge in [0.05, 0.1) is 26.0 Å². The third kappa shape index (κ3) is 5.38. The zero-order valence-electron chi connectivity index (χ0n) is 18.9. The van der Waals surface area contributed by atoms with Gasteiger partial charge in [0.1, 0.15) is 11.5 Å². The van der Waals surface area contributed by atoms with Gasteiger partial charge in [-0.3, -0.25) is 9.59 Å². The summed E-state index contributed by atoms with van der Waals surface area (Å²) in [6, 6.07) is 13.3. The van der Waals surface area contributed by atoms with Crippen molar-refractivity contribution in [2.45, 2.75) is 31.7 Å². The number of methoxy groups -OCH3 is 2. The number of aliphatic carboxylic acids is 1. The van der Waals surface area contributed by atoms with Crippen molar-refractivity contribution in [3.05, 3.63) is 53.6 Å². The second kappa shape index (κ2) is 10.2. The number of carboxylic acids is 1. The number of carbonyl (C=O) groups is 2. The van der Waals surface area contributed by atoms with Crippen LogP contribution in [0.4, 0.5) is 5.69 Å². The molecule has 2 aromatic carbocycles. The standard InChI is InChI=1S/C24H29N3O5/c1-26(2)18-10-8-16(9-11-18)22-15-21(17-12-19(31-3)14-20(13-17)32-4)25-27(22)23(28)6-5-7-24(29)30/h8-14,22H,5-7,15H2,1-4H3,(H,29,30). The maximum atomic E-state index is 13.0. The fourth-order valence-electron chi connectivity index (χ4n) is 3.65. The summed E-state index contributed by atoms with van der Waals surface area (Å²) >= 11 is 0. The average molecular weight is 440 g/mol. The summed E-state index contributed by atoms with van der Waals surface area (Å²) in [5.74, 6) is 0.167. The number of hydrogen-bond acceptors (Lipinski definition) is 6. The van der Waals surface area contributed by atoms with Crippen molar-refractivity contribution >= 4 is 23.3 Å². The van der Waals surface area contributed by atoms with Gasteiger partial charge >= 0.3 is 5.97 Å². The minimum Gasteiger partial charge on any atom is -0.497 e. The molecular weight excluding hydrogens is 410 g/mol. The van der Waals surface area contributed by atoms with Crippen molar-refractivity contribution in [3.63, 3.8) is 0 Å². The summed E-state index contributed by atoms with van der Waals surface area (Å²) in [4.78, 5) is 25.8. The van der Waals surface area contributed by atoms with E-state index in [0.717, 1.165) is 22.5 Å². The highest BCUT2D eigenvalue weighted by Crippen LogP contribution is 2.35. The van der Waals surface area contributed by atoms with E-state index >= 15 is 0 Å². The fraction of sp³-hybridized carbons (Fsp3) is 0.375. The first kappa shape index (κ1) is 23.1. The van der Waals surface area contributed by atoms with E-state index < -0.39 is 5.97 Å². The molecule has 0 aliphatic carbocycles. The summed E-state index contributed by atoms with van der Waals surface area (Å²) in [6.07, 6.45) is 0.874. The molecule has 8 nitrogen and oxygen atoms in total. The van der Waals surface area contributed by atoms with Crippen LogP contribution in [0.2, 0.25) is 0 Å². The molecule has 1 atom stereocenters. The van der Waals surface area contributed by atoms with Gasteiger partial charge in [0, 0.05) is 50.7 Å². The molecule has 8 heteroatoms. The van der Waals surface area contributed by atoms with Crippen LogP contribution in [0.25, 0.3) is 0 Å². The Kier molecular flexibility index (Phi) is 7.35. The predicted octanol–water partition coefficient (Wildman–Crippen LogP) is 3.70. The van der Waals surface area contributed by atoms with E-state index in [1.54, 1.807) is 20.3 Å². The summed E-state index contributed by atoms with van der Waals surface area (Å²) in [5, 5.41) is 15.0. The average Bonchev–Trinajstić information content (AvgIpc) is 3.24. The lowest BCUT2D eigenvalue weighted by Crippen LogP contribution is -2.27. The Balaban J connectivity index is 1.92. The molecule has 1 unspecified atom stereocenters. The number of hydrazone groups is 1. The van der Waals surface area contributed by atoms with Crippen LogP contribution in [-0.4, -0.2) is 56.0 Å². The van der Waals surface area contributed by atoms with E-state index in [1.807, 2.05) is 55.4 Å². The summed E-state index contributed by atoms with van der Waals surface area (Å²) in [5.41, 5.74) is 3.59. The van der Waals surface area contributed by atoms with Gasteiger partial charge in [0.2, 0.25) is 5.91 Å². The van der Waals surface area contributed by atoms with Crippen LogP contribution in [0.1, 0.15) is 42.9 Å². The molecule has 1 aliphatic heterocycles. The van der Waals surface area contributed by atoms with Crippen LogP contribution in [0.3, 0.4) is 0 Å². The highest BCUT2D eigenvalue weighted by molar-refractivity contribution is 6.03. The largest absolute Gasteiger partial charge is 0.497 e. The number of amides is 1. The minimum absolute atomic E-state index is 0.0502. The molecule has 0 spiro atoms. The molecule has 1 amide bonds. The Labute approximate surface area is 188 Å². The van der Waals surface area contributed by atoms with E-state index in [1.165, 1.54) is 5.01 Å². The number of carbonyl (C=O) groups excluding carboxylic acids is 1. The van der Waals surface area contributed by atoms with Crippen molar-refractivity contribution < 1.29 is 24.2 Å². The fourth-order valence-corrected chi connectivity index (χ4v) is 3.65. The molecule has 3 rings (SSSR count). The summed E-state index contributed by atoms with van der Waals surface area (Å²) in [7, 11) is 7.12. The Hall–Kier alpha value is -3.55. The van der Waals surface area contributed by atoms with Crippen molar-refractivity contribution in [1.29, 1.82) is 0 Å². The molecule has 0 saturated heterocycles. The zero-order chi connectivity index (χ0) is 23.3. The van der Waals surface area contributed by atoms with E-state index in [0.29, 0.717) is 17.9 Å². The SMILES string of the molecule is COc1cc(OC)cc(C2=NN(C(=O)CCCC(=O)O)C(c3ccc(N(C)C)cc3)C2)c1. The summed E-state index contributed by atoms with van der Waals surface area (Å²) < 4.78 is 10.8. The maximum absolute atomic E-state index is 13.0. The topological polar surface area (TPSA) is 91.7 Å². The molecule has 1 N–H and O–H groups in total. The highest BCUT2D eigenvalue weighted by atomic mass is 16.5. The van der Waals surface area contributed by atoms with Gasteiger partial charge in [0.15, 0.2) is 0 Å². The third-order valence-electron chi connectivity index (χ3n) is 5.43. The second-order valence-corrected chi connectivity index (χ2v) is 7.84. The van der Waals surface area contributed by atoms with E-state index in [4.69, 9.17) is 14.6 Å². The lowest BCUT2D eigenvalue weighted by molar-refractivity contribution is -0.137. The van der Waals surface area contributed by atoms with Crippen LogP contribution in [0.15, 0.2) is 47.6 Å². The van der Waals surface area contributed by atoms with Crippen LogP contribution in [-0.2, 0) is 9.59 Å². The molecule has 0 saturated carbocycles. The molecule has 32 heavy (non-hydrogen) atoms. The molecule has 1 heterocycles.